The summed E-state index contributed by atoms with van der Waals surface area (Å²) in [6.45, 7) is 18.3. The largest absolute Gasteiger partial charge is 0.104 e. The molecule has 14 heavy (non-hydrogen) atoms. The molecule has 1 heteroatoms. The Morgan fingerprint density at radius 3 is 1.29 bits per heavy atom. The van der Waals surface area contributed by atoms with Gasteiger partial charge in [0.15, 0.2) is 0 Å². The van der Waals surface area contributed by atoms with Gasteiger partial charge < -0.3 is 0 Å². The van der Waals surface area contributed by atoms with Crippen LogP contribution in [-0.4, -0.2) is 8.07 Å². The SMILES string of the molecule is CC(C)=C[Si](C)(C=C(C)C)C(C)(C)C. The van der Waals surface area contributed by atoms with Crippen LogP contribution in [-0.2, 0) is 0 Å². The summed E-state index contributed by atoms with van der Waals surface area (Å²) in [5.74, 6) is 0. The van der Waals surface area contributed by atoms with Gasteiger partial charge >= 0.3 is 0 Å². The van der Waals surface area contributed by atoms with E-state index in [0.717, 1.165) is 0 Å². The molecule has 0 aromatic rings. The number of rotatable bonds is 2. The first-order valence-electron chi connectivity index (χ1n) is 5.40. The molecule has 0 heterocycles. The van der Waals surface area contributed by atoms with E-state index in [-0.39, 0.29) is 0 Å². The molecule has 0 spiro atoms. The standard InChI is InChI=1S/C13H26Si/c1-11(2)9-14(8,10-12(3)4)13(5,6)7/h9-10H,1-8H3. The van der Waals surface area contributed by atoms with Crippen molar-refractivity contribution >= 4 is 8.07 Å². The summed E-state index contributed by atoms with van der Waals surface area (Å²) >= 11 is 0. The van der Waals surface area contributed by atoms with Crippen LogP contribution in [0, 0.1) is 0 Å². The number of allylic oxidation sites excluding steroid dienone is 2. The molecule has 0 amide bonds. The molecule has 0 aromatic carbocycles. The highest BCUT2D eigenvalue weighted by Crippen LogP contribution is 2.39. The van der Waals surface area contributed by atoms with Crippen LogP contribution in [0.1, 0.15) is 48.5 Å². The highest BCUT2D eigenvalue weighted by molar-refractivity contribution is 6.90. The molecule has 0 atom stereocenters. The molecule has 0 rings (SSSR count). The Hall–Kier alpha value is -0.303. The van der Waals surface area contributed by atoms with Crippen LogP contribution >= 0.6 is 0 Å². The molecular formula is C13H26Si. The minimum Gasteiger partial charge on any atom is -0.0915 e. The van der Waals surface area contributed by atoms with Crippen LogP contribution in [0.3, 0.4) is 0 Å². The Morgan fingerprint density at radius 1 is 0.857 bits per heavy atom. The maximum atomic E-state index is 2.51. The predicted molar refractivity (Wildman–Crippen MR) is 70.2 cm³/mol. The summed E-state index contributed by atoms with van der Waals surface area (Å²) in [4.78, 5) is 0. The monoisotopic (exact) mass is 210 g/mol. The zero-order chi connectivity index (χ0) is 11.6. The fraction of sp³-hybridized carbons (Fsp3) is 0.692. The lowest BCUT2D eigenvalue weighted by molar-refractivity contribution is 0.732. The van der Waals surface area contributed by atoms with Gasteiger partial charge in [0, 0.05) is 0 Å². The van der Waals surface area contributed by atoms with Gasteiger partial charge in [-0.15, -0.1) is 0 Å². The van der Waals surface area contributed by atoms with Crippen molar-refractivity contribution in [3.05, 3.63) is 22.5 Å². The molecule has 0 N–H and O–H groups in total. The van der Waals surface area contributed by atoms with Crippen molar-refractivity contribution in [1.82, 2.24) is 0 Å². The molecule has 0 unspecified atom stereocenters. The highest BCUT2D eigenvalue weighted by Gasteiger charge is 2.35. The van der Waals surface area contributed by atoms with Gasteiger partial charge in [-0.05, 0) is 32.7 Å². The topological polar surface area (TPSA) is 0 Å². The molecule has 0 aliphatic rings. The second kappa shape index (κ2) is 4.48. The van der Waals surface area contributed by atoms with E-state index >= 15 is 0 Å². The Bertz CT molecular complexity index is 225. The molecule has 0 radical (unpaired) electrons. The van der Waals surface area contributed by atoms with Gasteiger partial charge in [0.2, 0.25) is 0 Å². The Labute approximate surface area is 91.1 Å². The van der Waals surface area contributed by atoms with Crippen molar-refractivity contribution in [2.45, 2.75) is 60.1 Å². The summed E-state index contributed by atoms with van der Waals surface area (Å²) in [7, 11) is -1.40. The summed E-state index contributed by atoms with van der Waals surface area (Å²) in [5.41, 5.74) is 7.93. The molecule has 0 saturated heterocycles. The van der Waals surface area contributed by atoms with Crippen LogP contribution < -0.4 is 0 Å². The van der Waals surface area contributed by atoms with Crippen molar-refractivity contribution < 1.29 is 0 Å². The fourth-order valence-electron chi connectivity index (χ4n) is 1.67. The third-order valence-corrected chi connectivity index (χ3v) is 8.38. The van der Waals surface area contributed by atoms with Gasteiger partial charge in [0.05, 0.1) is 0 Å². The maximum absolute atomic E-state index is 2.51. The summed E-state index contributed by atoms with van der Waals surface area (Å²) in [6.07, 6.45) is 0. The second-order valence-electron chi connectivity index (χ2n) is 5.98. The van der Waals surface area contributed by atoms with Gasteiger partial charge in [0.1, 0.15) is 8.07 Å². The Morgan fingerprint density at radius 2 is 1.14 bits per heavy atom. The zero-order valence-electron chi connectivity index (χ0n) is 11.2. The van der Waals surface area contributed by atoms with E-state index < -0.39 is 8.07 Å². The first kappa shape index (κ1) is 13.7. The minimum absolute atomic E-state index is 0.404. The zero-order valence-corrected chi connectivity index (χ0v) is 12.2. The lowest BCUT2D eigenvalue weighted by Crippen LogP contribution is -2.37. The van der Waals surface area contributed by atoms with Gasteiger partial charge in [-0.1, -0.05) is 49.9 Å². The van der Waals surface area contributed by atoms with Crippen molar-refractivity contribution in [3.63, 3.8) is 0 Å². The molecule has 0 aliphatic carbocycles. The summed E-state index contributed by atoms with van der Waals surface area (Å²) < 4.78 is 0. The fourth-order valence-corrected chi connectivity index (χ4v) is 5.02. The molecule has 0 bridgehead atoms. The van der Waals surface area contributed by atoms with Crippen LogP contribution in [0.5, 0.6) is 0 Å². The second-order valence-corrected chi connectivity index (χ2v) is 10.6. The molecular weight excluding hydrogens is 184 g/mol. The van der Waals surface area contributed by atoms with E-state index in [2.05, 4.69) is 66.4 Å². The summed E-state index contributed by atoms with van der Waals surface area (Å²) in [6, 6.07) is 0. The lowest BCUT2D eigenvalue weighted by atomic mass is 10.2. The van der Waals surface area contributed by atoms with Crippen molar-refractivity contribution in [2.75, 3.05) is 0 Å². The number of hydrogen-bond donors (Lipinski definition) is 0. The number of hydrogen-bond acceptors (Lipinski definition) is 0. The van der Waals surface area contributed by atoms with Gasteiger partial charge in [-0.2, -0.15) is 0 Å². The summed E-state index contributed by atoms with van der Waals surface area (Å²) in [5, 5.41) is 0.404. The molecule has 0 aromatic heterocycles. The van der Waals surface area contributed by atoms with E-state index in [1.165, 1.54) is 11.1 Å². The highest BCUT2D eigenvalue weighted by atomic mass is 28.3. The van der Waals surface area contributed by atoms with E-state index in [9.17, 15) is 0 Å². The lowest BCUT2D eigenvalue weighted by Gasteiger charge is -2.36. The molecule has 0 nitrogen and oxygen atoms in total. The Balaban J connectivity index is 5.29. The molecule has 82 valence electrons. The van der Waals surface area contributed by atoms with E-state index in [4.69, 9.17) is 0 Å². The molecule has 0 fully saturated rings. The average molecular weight is 210 g/mol. The van der Waals surface area contributed by atoms with E-state index in [1.54, 1.807) is 0 Å². The third-order valence-electron chi connectivity index (χ3n) is 2.79. The van der Waals surface area contributed by atoms with E-state index in [1.807, 2.05) is 0 Å². The minimum atomic E-state index is -1.40. The average Bonchev–Trinajstić information content (AvgIpc) is 1.78. The third kappa shape index (κ3) is 3.83. The first-order valence-corrected chi connectivity index (χ1v) is 8.06. The quantitative estimate of drug-likeness (QED) is 0.570. The van der Waals surface area contributed by atoms with Crippen molar-refractivity contribution in [3.8, 4) is 0 Å². The van der Waals surface area contributed by atoms with Crippen molar-refractivity contribution in [2.24, 2.45) is 0 Å². The van der Waals surface area contributed by atoms with Gasteiger partial charge in [0.25, 0.3) is 0 Å². The predicted octanol–water partition coefficient (Wildman–Crippen LogP) is 4.88. The first-order chi connectivity index (χ1) is 6.08. The van der Waals surface area contributed by atoms with Crippen LogP contribution in [0.2, 0.25) is 11.6 Å². The van der Waals surface area contributed by atoms with Crippen LogP contribution in [0.4, 0.5) is 0 Å². The van der Waals surface area contributed by atoms with Crippen LogP contribution in [0.25, 0.3) is 0 Å². The maximum Gasteiger partial charge on any atom is 0.104 e. The van der Waals surface area contributed by atoms with Crippen molar-refractivity contribution in [1.29, 1.82) is 0 Å². The van der Waals surface area contributed by atoms with E-state index in [0.29, 0.717) is 5.04 Å². The van der Waals surface area contributed by atoms with Gasteiger partial charge in [-0.3, -0.25) is 0 Å². The molecule has 0 aliphatic heterocycles. The molecule has 0 saturated carbocycles. The Kier molecular flexibility index (Phi) is 4.38. The van der Waals surface area contributed by atoms with Crippen LogP contribution in [0.15, 0.2) is 22.5 Å². The normalized spacial score (nSPS) is 12.3. The van der Waals surface area contributed by atoms with Gasteiger partial charge in [-0.25, -0.2) is 0 Å². The smallest absolute Gasteiger partial charge is 0.0915 e.